The lowest BCUT2D eigenvalue weighted by atomic mass is 9.94. The first-order chi connectivity index (χ1) is 12.7. The topological polar surface area (TPSA) is 46.9 Å². The van der Waals surface area contributed by atoms with Crippen molar-refractivity contribution in [2.24, 2.45) is 0 Å². The van der Waals surface area contributed by atoms with E-state index in [0.29, 0.717) is 11.6 Å². The number of aromatic nitrogens is 2. The first kappa shape index (κ1) is 16.9. The third-order valence-electron chi connectivity index (χ3n) is 5.04. The Morgan fingerprint density at radius 3 is 2.50 bits per heavy atom. The Labute approximate surface area is 157 Å². The van der Waals surface area contributed by atoms with Gasteiger partial charge in [-0.25, -0.2) is 4.98 Å². The van der Waals surface area contributed by atoms with E-state index in [1.807, 2.05) is 65.4 Å². The number of nitrogens with zero attached hydrogens (tertiary/aromatic N) is 2. The maximum atomic E-state index is 13.2. The Kier molecular flexibility index (Phi) is 4.51. The van der Waals surface area contributed by atoms with Crippen LogP contribution in [0, 0.1) is 0 Å². The number of benzene rings is 2. The molecule has 1 atom stereocenters. The van der Waals surface area contributed by atoms with Crippen molar-refractivity contribution in [1.29, 1.82) is 0 Å². The van der Waals surface area contributed by atoms with Crippen LogP contribution in [0.5, 0.6) is 0 Å². The summed E-state index contributed by atoms with van der Waals surface area (Å²) in [6.07, 6.45) is 7.17. The van der Waals surface area contributed by atoms with Crippen molar-refractivity contribution in [3.05, 3.63) is 89.5 Å². The van der Waals surface area contributed by atoms with Gasteiger partial charge in [0.25, 0.3) is 0 Å². The van der Waals surface area contributed by atoms with Crippen molar-refractivity contribution in [3.63, 3.8) is 0 Å². The number of carbonyl (C=O) groups is 1. The van der Waals surface area contributed by atoms with Crippen LogP contribution in [0.4, 0.5) is 0 Å². The number of carbonyl (C=O) groups excluding carboxylic acids is 1. The fourth-order valence-corrected chi connectivity index (χ4v) is 3.49. The predicted octanol–water partition coefficient (Wildman–Crippen LogP) is 4.13. The molecule has 5 heteroatoms. The van der Waals surface area contributed by atoms with E-state index in [9.17, 15) is 4.79 Å². The van der Waals surface area contributed by atoms with Crippen LogP contribution in [0.15, 0.2) is 73.3 Å². The normalized spacial score (nSPS) is 16.0. The van der Waals surface area contributed by atoms with Crippen LogP contribution in [-0.4, -0.2) is 15.5 Å². The highest BCUT2D eigenvalue weighted by molar-refractivity contribution is 6.30. The molecule has 1 aromatic heterocycles. The molecule has 0 bridgehead atoms. The van der Waals surface area contributed by atoms with E-state index in [1.54, 1.807) is 12.5 Å². The maximum Gasteiger partial charge on any atom is 0.231 e. The standard InChI is InChI=1S/C21H20ClN3O/c22-18-8-6-17(7-9-18)21(10-11-21)20(26)24-19(14-25-13-12-23-15-25)16-4-2-1-3-5-16/h1-9,12-13,15,19H,10-11,14H2,(H,24,26). The summed E-state index contributed by atoms with van der Waals surface area (Å²) in [6, 6.07) is 17.6. The summed E-state index contributed by atoms with van der Waals surface area (Å²) < 4.78 is 1.99. The van der Waals surface area contributed by atoms with Gasteiger partial charge in [-0.15, -0.1) is 0 Å². The maximum absolute atomic E-state index is 13.2. The third-order valence-corrected chi connectivity index (χ3v) is 5.29. The van der Waals surface area contributed by atoms with Crippen LogP contribution in [0.2, 0.25) is 5.02 Å². The molecular weight excluding hydrogens is 346 g/mol. The molecule has 0 spiro atoms. The van der Waals surface area contributed by atoms with E-state index in [2.05, 4.69) is 10.3 Å². The Bertz CT molecular complexity index is 871. The van der Waals surface area contributed by atoms with Crippen molar-refractivity contribution in [1.82, 2.24) is 14.9 Å². The monoisotopic (exact) mass is 365 g/mol. The first-order valence-electron chi connectivity index (χ1n) is 8.75. The lowest BCUT2D eigenvalue weighted by Gasteiger charge is -2.23. The van der Waals surface area contributed by atoms with E-state index in [0.717, 1.165) is 24.0 Å². The SMILES string of the molecule is O=C(NC(Cn1ccnc1)c1ccccc1)C1(c2ccc(Cl)cc2)CC1. The van der Waals surface area contributed by atoms with E-state index in [1.165, 1.54) is 0 Å². The minimum Gasteiger partial charge on any atom is -0.347 e. The molecule has 132 valence electrons. The van der Waals surface area contributed by atoms with Crippen LogP contribution in [0.1, 0.15) is 30.0 Å². The van der Waals surface area contributed by atoms with Gasteiger partial charge < -0.3 is 9.88 Å². The van der Waals surface area contributed by atoms with E-state index < -0.39 is 5.41 Å². The number of hydrogen-bond donors (Lipinski definition) is 1. The van der Waals surface area contributed by atoms with E-state index in [4.69, 9.17) is 11.6 Å². The summed E-state index contributed by atoms with van der Waals surface area (Å²) in [4.78, 5) is 17.3. The molecule has 1 saturated carbocycles. The van der Waals surface area contributed by atoms with E-state index in [-0.39, 0.29) is 11.9 Å². The zero-order chi connectivity index (χ0) is 18.0. The average molecular weight is 366 g/mol. The Balaban J connectivity index is 1.57. The molecule has 1 heterocycles. The van der Waals surface area contributed by atoms with Gasteiger partial charge in [-0.2, -0.15) is 0 Å². The molecule has 1 aliphatic rings. The fourth-order valence-electron chi connectivity index (χ4n) is 3.36. The summed E-state index contributed by atoms with van der Waals surface area (Å²) in [5, 5.41) is 3.95. The molecule has 1 fully saturated rings. The Morgan fingerprint density at radius 2 is 1.88 bits per heavy atom. The highest BCUT2D eigenvalue weighted by atomic mass is 35.5. The zero-order valence-electron chi connectivity index (χ0n) is 14.3. The van der Waals surface area contributed by atoms with Gasteiger partial charge in [0.15, 0.2) is 0 Å². The number of imidazole rings is 1. The van der Waals surface area contributed by atoms with Gasteiger partial charge in [0.2, 0.25) is 5.91 Å². The molecule has 3 aromatic rings. The Morgan fingerprint density at radius 1 is 1.15 bits per heavy atom. The second kappa shape index (κ2) is 6.96. The lowest BCUT2D eigenvalue weighted by molar-refractivity contribution is -0.124. The molecule has 1 amide bonds. The van der Waals surface area contributed by atoms with Gasteiger partial charge in [0.05, 0.1) is 17.8 Å². The molecular formula is C21H20ClN3O. The molecule has 1 aliphatic carbocycles. The summed E-state index contributed by atoms with van der Waals surface area (Å²) in [5.41, 5.74) is 1.70. The zero-order valence-corrected chi connectivity index (χ0v) is 15.1. The van der Waals surface area contributed by atoms with Gasteiger partial charge in [-0.3, -0.25) is 4.79 Å². The summed E-state index contributed by atoms with van der Waals surface area (Å²) >= 11 is 6.00. The lowest BCUT2D eigenvalue weighted by Crippen LogP contribution is -2.38. The molecule has 2 aromatic carbocycles. The fraction of sp³-hybridized carbons (Fsp3) is 0.238. The van der Waals surface area contributed by atoms with Gasteiger partial charge in [0, 0.05) is 24.0 Å². The predicted molar refractivity (Wildman–Crippen MR) is 102 cm³/mol. The van der Waals surface area contributed by atoms with Crippen LogP contribution < -0.4 is 5.32 Å². The number of hydrogen-bond acceptors (Lipinski definition) is 2. The van der Waals surface area contributed by atoms with Crippen LogP contribution in [0.3, 0.4) is 0 Å². The van der Waals surface area contributed by atoms with Crippen LogP contribution in [-0.2, 0) is 16.8 Å². The smallest absolute Gasteiger partial charge is 0.231 e. The second-order valence-corrected chi connectivity index (χ2v) is 7.22. The third kappa shape index (κ3) is 3.37. The number of halogens is 1. The van der Waals surface area contributed by atoms with Crippen molar-refractivity contribution in [2.75, 3.05) is 0 Å². The molecule has 0 saturated heterocycles. The minimum absolute atomic E-state index is 0.0776. The number of nitrogens with one attached hydrogen (secondary N) is 1. The molecule has 1 N–H and O–H groups in total. The van der Waals surface area contributed by atoms with Crippen molar-refractivity contribution >= 4 is 17.5 Å². The molecule has 0 aliphatic heterocycles. The molecule has 0 radical (unpaired) electrons. The van der Waals surface area contributed by atoms with Gasteiger partial charge in [-0.1, -0.05) is 54.1 Å². The Hall–Kier alpha value is -2.59. The second-order valence-electron chi connectivity index (χ2n) is 6.79. The molecule has 4 rings (SSSR count). The van der Waals surface area contributed by atoms with Gasteiger partial charge in [0.1, 0.15) is 0 Å². The highest BCUT2D eigenvalue weighted by Gasteiger charge is 2.51. The molecule has 1 unspecified atom stereocenters. The molecule has 26 heavy (non-hydrogen) atoms. The van der Waals surface area contributed by atoms with Crippen LogP contribution >= 0.6 is 11.6 Å². The molecule has 4 nitrogen and oxygen atoms in total. The number of amides is 1. The highest BCUT2D eigenvalue weighted by Crippen LogP contribution is 2.49. The van der Waals surface area contributed by atoms with Crippen LogP contribution in [0.25, 0.3) is 0 Å². The first-order valence-corrected chi connectivity index (χ1v) is 9.13. The minimum atomic E-state index is -0.424. The quantitative estimate of drug-likeness (QED) is 0.714. The van der Waals surface area contributed by atoms with Crippen molar-refractivity contribution < 1.29 is 4.79 Å². The van der Waals surface area contributed by atoms with E-state index >= 15 is 0 Å². The number of rotatable bonds is 6. The summed E-state index contributed by atoms with van der Waals surface area (Å²) in [6.45, 7) is 0.645. The van der Waals surface area contributed by atoms with Gasteiger partial charge >= 0.3 is 0 Å². The summed E-state index contributed by atoms with van der Waals surface area (Å²) in [5.74, 6) is 0.0776. The van der Waals surface area contributed by atoms with Crippen molar-refractivity contribution in [3.8, 4) is 0 Å². The van der Waals surface area contributed by atoms with Crippen molar-refractivity contribution in [2.45, 2.75) is 30.8 Å². The summed E-state index contributed by atoms with van der Waals surface area (Å²) in [7, 11) is 0. The van der Waals surface area contributed by atoms with Gasteiger partial charge in [-0.05, 0) is 36.1 Å². The average Bonchev–Trinajstić information content (AvgIpc) is 3.32. The largest absolute Gasteiger partial charge is 0.347 e.